The average Bonchev–Trinajstić information content (AvgIpc) is 2.42. The van der Waals surface area contributed by atoms with E-state index < -0.39 is 0 Å². The highest BCUT2D eigenvalue weighted by Gasteiger charge is 2.15. The summed E-state index contributed by atoms with van der Waals surface area (Å²) in [5.74, 6) is 0.689. The number of rotatable bonds is 6. The maximum atomic E-state index is 5.34. The molecule has 0 aliphatic carbocycles. The topological polar surface area (TPSA) is 46.2 Å². The molecule has 1 aliphatic heterocycles. The number of piperidine rings is 1. The minimum atomic E-state index is 0.454. The maximum absolute atomic E-state index is 5.34. The highest BCUT2D eigenvalue weighted by Crippen LogP contribution is 2.16. The zero-order valence-corrected chi connectivity index (χ0v) is 12.0. The average molecular weight is 263 g/mol. The lowest BCUT2D eigenvalue weighted by atomic mass is 9.99. The highest BCUT2D eigenvalue weighted by atomic mass is 16.5. The van der Waals surface area contributed by atoms with Crippen LogP contribution in [0, 0.1) is 0 Å². The van der Waals surface area contributed by atoms with E-state index in [1.165, 1.54) is 25.8 Å². The van der Waals surface area contributed by atoms with Crippen LogP contribution >= 0.6 is 0 Å². The van der Waals surface area contributed by atoms with Crippen molar-refractivity contribution >= 4 is 5.69 Å². The van der Waals surface area contributed by atoms with Crippen molar-refractivity contribution in [2.24, 2.45) is 0 Å². The van der Waals surface area contributed by atoms with Gasteiger partial charge in [0.25, 0.3) is 0 Å². The molecule has 1 saturated heterocycles. The van der Waals surface area contributed by atoms with Gasteiger partial charge in [-0.05, 0) is 45.7 Å². The third kappa shape index (κ3) is 4.71. The molecule has 4 nitrogen and oxygen atoms in total. The van der Waals surface area contributed by atoms with E-state index in [-0.39, 0.29) is 0 Å². The van der Waals surface area contributed by atoms with E-state index in [1.54, 1.807) is 0 Å². The zero-order chi connectivity index (χ0) is 13.5. The molecule has 2 heterocycles. The number of hydrogen-bond acceptors (Lipinski definition) is 4. The number of aromatic nitrogens is 1. The fraction of sp³-hybridized carbons (Fsp3) is 0.667. The van der Waals surface area contributed by atoms with E-state index in [9.17, 15) is 0 Å². The molecule has 0 amide bonds. The molecule has 0 aromatic carbocycles. The van der Waals surface area contributed by atoms with Crippen molar-refractivity contribution in [1.29, 1.82) is 0 Å². The Balaban J connectivity index is 1.78. The van der Waals surface area contributed by atoms with Crippen LogP contribution in [0.4, 0.5) is 5.69 Å². The third-order valence-corrected chi connectivity index (χ3v) is 3.49. The van der Waals surface area contributed by atoms with Crippen molar-refractivity contribution in [3.63, 3.8) is 0 Å². The molecule has 0 saturated carbocycles. The Morgan fingerprint density at radius 2 is 2.37 bits per heavy atom. The van der Waals surface area contributed by atoms with Crippen molar-refractivity contribution < 1.29 is 4.74 Å². The first-order valence-corrected chi connectivity index (χ1v) is 7.36. The predicted octanol–water partition coefficient (Wildman–Crippen LogP) is 2.81. The van der Waals surface area contributed by atoms with E-state index in [4.69, 9.17) is 4.74 Å². The molecule has 2 unspecified atom stereocenters. The van der Waals surface area contributed by atoms with Gasteiger partial charge in [0.2, 0.25) is 5.88 Å². The van der Waals surface area contributed by atoms with Crippen LogP contribution in [0.3, 0.4) is 0 Å². The molecule has 2 atom stereocenters. The molecular weight excluding hydrogens is 238 g/mol. The minimum Gasteiger partial charge on any atom is -0.478 e. The van der Waals surface area contributed by atoms with Gasteiger partial charge in [0.1, 0.15) is 0 Å². The number of hydrogen-bond donors (Lipinski definition) is 2. The Labute approximate surface area is 116 Å². The van der Waals surface area contributed by atoms with E-state index in [1.807, 2.05) is 25.3 Å². The molecule has 19 heavy (non-hydrogen) atoms. The highest BCUT2D eigenvalue weighted by molar-refractivity contribution is 5.42. The van der Waals surface area contributed by atoms with Crippen molar-refractivity contribution in [1.82, 2.24) is 10.3 Å². The number of anilines is 1. The van der Waals surface area contributed by atoms with E-state index in [2.05, 4.69) is 22.5 Å². The molecule has 1 aliphatic rings. The van der Waals surface area contributed by atoms with Crippen molar-refractivity contribution in [2.45, 2.75) is 51.6 Å². The van der Waals surface area contributed by atoms with Gasteiger partial charge < -0.3 is 15.4 Å². The summed E-state index contributed by atoms with van der Waals surface area (Å²) in [7, 11) is 0. The lowest BCUT2D eigenvalue weighted by molar-refractivity contribution is 0.327. The van der Waals surface area contributed by atoms with Crippen molar-refractivity contribution in [3.8, 4) is 5.88 Å². The second kappa shape index (κ2) is 7.34. The summed E-state index contributed by atoms with van der Waals surface area (Å²) in [6.07, 6.45) is 6.98. The smallest absolute Gasteiger partial charge is 0.213 e. The van der Waals surface area contributed by atoms with Gasteiger partial charge in [-0.2, -0.15) is 0 Å². The second-order valence-corrected chi connectivity index (χ2v) is 5.25. The Morgan fingerprint density at radius 3 is 3.00 bits per heavy atom. The van der Waals surface area contributed by atoms with Crippen LogP contribution in [0.15, 0.2) is 18.3 Å². The van der Waals surface area contributed by atoms with Crippen LogP contribution in [-0.2, 0) is 0 Å². The maximum Gasteiger partial charge on any atom is 0.213 e. The van der Waals surface area contributed by atoms with Crippen molar-refractivity contribution in [3.05, 3.63) is 18.3 Å². The molecule has 1 aromatic heterocycles. The largest absolute Gasteiger partial charge is 0.478 e. The lowest BCUT2D eigenvalue weighted by Gasteiger charge is -2.27. The number of nitrogens with zero attached hydrogens (tertiary/aromatic N) is 1. The Morgan fingerprint density at radius 1 is 1.47 bits per heavy atom. The first-order chi connectivity index (χ1) is 9.28. The lowest BCUT2D eigenvalue weighted by Crippen LogP contribution is -2.37. The molecule has 2 rings (SSSR count). The summed E-state index contributed by atoms with van der Waals surface area (Å²) >= 11 is 0. The first-order valence-electron chi connectivity index (χ1n) is 7.36. The van der Waals surface area contributed by atoms with Crippen LogP contribution in [0.1, 0.15) is 39.5 Å². The van der Waals surface area contributed by atoms with E-state index >= 15 is 0 Å². The second-order valence-electron chi connectivity index (χ2n) is 5.25. The van der Waals surface area contributed by atoms with Gasteiger partial charge in [-0.1, -0.05) is 6.42 Å². The molecule has 2 N–H and O–H groups in total. The fourth-order valence-corrected chi connectivity index (χ4v) is 2.59. The van der Waals surface area contributed by atoms with Crippen molar-refractivity contribution in [2.75, 3.05) is 18.5 Å². The quantitative estimate of drug-likeness (QED) is 0.828. The summed E-state index contributed by atoms with van der Waals surface area (Å²) in [4.78, 5) is 4.27. The van der Waals surface area contributed by atoms with Crippen LogP contribution < -0.4 is 15.4 Å². The van der Waals surface area contributed by atoms with Crippen LogP contribution in [0.25, 0.3) is 0 Å². The van der Waals surface area contributed by atoms with Gasteiger partial charge in [-0.3, -0.25) is 0 Å². The Hall–Kier alpha value is -1.29. The number of pyridine rings is 1. The van der Waals surface area contributed by atoms with Gasteiger partial charge in [-0.25, -0.2) is 4.98 Å². The minimum absolute atomic E-state index is 0.454. The summed E-state index contributed by atoms with van der Waals surface area (Å²) in [5.41, 5.74) is 1.06. The third-order valence-electron chi connectivity index (χ3n) is 3.49. The molecular formula is C15H25N3O. The molecule has 0 radical (unpaired) electrons. The van der Waals surface area contributed by atoms with Crippen LogP contribution in [0.5, 0.6) is 5.88 Å². The summed E-state index contributed by atoms with van der Waals surface area (Å²) in [5, 5.41) is 7.09. The molecule has 1 aromatic rings. The summed E-state index contributed by atoms with van der Waals surface area (Å²) < 4.78 is 5.34. The molecule has 4 heteroatoms. The normalized spacial score (nSPS) is 20.8. The SMILES string of the molecule is CCOc1ccc(NC(C)CC2CCCCN2)cn1. The standard InChI is InChI=1S/C15H25N3O/c1-3-19-15-8-7-14(11-17-15)18-12(2)10-13-6-4-5-9-16-13/h7-8,11-13,16,18H,3-6,9-10H2,1-2H3. The number of ether oxygens (including phenoxy) is 1. The molecule has 0 bridgehead atoms. The molecule has 1 fully saturated rings. The zero-order valence-electron chi connectivity index (χ0n) is 12.0. The Bertz CT molecular complexity index is 360. The predicted molar refractivity (Wildman–Crippen MR) is 78.7 cm³/mol. The monoisotopic (exact) mass is 263 g/mol. The van der Waals surface area contributed by atoms with Gasteiger partial charge >= 0.3 is 0 Å². The van der Waals surface area contributed by atoms with Gasteiger partial charge in [0.05, 0.1) is 18.5 Å². The van der Waals surface area contributed by atoms with E-state index in [0.29, 0.717) is 24.6 Å². The summed E-state index contributed by atoms with van der Waals surface area (Å²) in [6, 6.07) is 5.06. The van der Waals surface area contributed by atoms with E-state index in [0.717, 1.165) is 12.1 Å². The van der Waals surface area contributed by atoms with Gasteiger partial charge in [0.15, 0.2) is 0 Å². The first kappa shape index (κ1) is 14.1. The Kier molecular flexibility index (Phi) is 5.45. The molecule has 0 spiro atoms. The van der Waals surface area contributed by atoms with Gasteiger partial charge in [0, 0.05) is 18.2 Å². The number of nitrogens with one attached hydrogen (secondary N) is 2. The van der Waals surface area contributed by atoms with Gasteiger partial charge in [-0.15, -0.1) is 0 Å². The van der Waals surface area contributed by atoms with Crippen LogP contribution in [-0.4, -0.2) is 30.2 Å². The fourth-order valence-electron chi connectivity index (χ4n) is 2.59. The van der Waals surface area contributed by atoms with Crippen LogP contribution in [0.2, 0.25) is 0 Å². The summed E-state index contributed by atoms with van der Waals surface area (Å²) in [6.45, 7) is 6.02. The molecule has 106 valence electrons.